The van der Waals surface area contributed by atoms with Gasteiger partial charge in [-0.3, -0.25) is 0 Å². The maximum Gasteiger partial charge on any atom is 0.338 e. The first kappa shape index (κ1) is 12.3. The number of esters is 1. The van der Waals surface area contributed by atoms with Gasteiger partial charge in [0, 0.05) is 18.0 Å². The molecule has 0 saturated carbocycles. The number of hydrogen-bond acceptors (Lipinski definition) is 4. The van der Waals surface area contributed by atoms with Crippen LogP contribution in [0.5, 0.6) is 0 Å². The van der Waals surface area contributed by atoms with Crippen LogP contribution in [0.3, 0.4) is 0 Å². The lowest BCUT2D eigenvalue weighted by Gasteiger charge is -2.04. The molecule has 1 aromatic carbocycles. The molecule has 0 aliphatic rings. The minimum atomic E-state index is -0.308. The quantitative estimate of drug-likeness (QED) is 0.684. The molecule has 3 rings (SSSR count). The third kappa shape index (κ3) is 2.25. The van der Waals surface area contributed by atoms with Crippen molar-refractivity contribution in [3.63, 3.8) is 0 Å². The summed E-state index contributed by atoms with van der Waals surface area (Å²) in [6.45, 7) is 2.16. The summed E-state index contributed by atoms with van der Waals surface area (Å²) in [5.74, 6) is -0.308. The van der Waals surface area contributed by atoms with E-state index in [1.807, 2.05) is 24.3 Å². The number of imidazole rings is 1. The zero-order chi connectivity index (χ0) is 13.9. The number of fused-ring (bicyclic) bond motifs is 1. The highest BCUT2D eigenvalue weighted by Crippen LogP contribution is 2.18. The van der Waals surface area contributed by atoms with Crippen molar-refractivity contribution in [3.05, 3.63) is 54.4 Å². The van der Waals surface area contributed by atoms with Crippen LogP contribution in [0, 0.1) is 0 Å². The molecule has 0 amide bonds. The summed E-state index contributed by atoms with van der Waals surface area (Å²) in [6.07, 6.45) is 3.50. The van der Waals surface area contributed by atoms with E-state index in [1.54, 1.807) is 36.0 Å². The fourth-order valence-electron chi connectivity index (χ4n) is 1.96. The van der Waals surface area contributed by atoms with E-state index in [0.29, 0.717) is 12.2 Å². The van der Waals surface area contributed by atoms with E-state index < -0.39 is 0 Å². The molecular weight excluding hydrogens is 254 g/mol. The van der Waals surface area contributed by atoms with Crippen molar-refractivity contribution in [1.82, 2.24) is 14.6 Å². The molecule has 0 fully saturated rings. The van der Waals surface area contributed by atoms with Crippen molar-refractivity contribution in [1.29, 1.82) is 0 Å². The van der Waals surface area contributed by atoms with Crippen LogP contribution in [0.4, 0.5) is 0 Å². The van der Waals surface area contributed by atoms with Gasteiger partial charge >= 0.3 is 5.97 Å². The van der Waals surface area contributed by atoms with Crippen LogP contribution in [0.15, 0.2) is 48.8 Å². The lowest BCUT2D eigenvalue weighted by molar-refractivity contribution is 0.0526. The first-order valence-corrected chi connectivity index (χ1v) is 6.36. The molecule has 0 atom stereocenters. The summed E-state index contributed by atoms with van der Waals surface area (Å²) in [5.41, 5.74) is 3.11. The minimum absolute atomic E-state index is 0.308. The van der Waals surface area contributed by atoms with Crippen molar-refractivity contribution >= 4 is 11.6 Å². The largest absolute Gasteiger partial charge is 0.462 e. The van der Waals surface area contributed by atoms with E-state index in [-0.39, 0.29) is 5.97 Å². The molecule has 0 radical (unpaired) electrons. The van der Waals surface area contributed by atoms with E-state index in [1.165, 1.54) is 0 Å². The van der Waals surface area contributed by atoms with Crippen molar-refractivity contribution in [2.75, 3.05) is 6.61 Å². The van der Waals surface area contributed by atoms with E-state index in [2.05, 4.69) is 10.1 Å². The van der Waals surface area contributed by atoms with Crippen LogP contribution >= 0.6 is 0 Å². The average Bonchev–Trinajstić information content (AvgIpc) is 2.95. The van der Waals surface area contributed by atoms with Crippen molar-refractivity contribution in [2.45, 2.75) is 6.92 Å². The molecule has 0 N–H and O–H groups in total. The second-order valence-electron chi connectivity index (χ2n) is 4.25. The van der Waals surface area contributed by atoms with Gasteiger partial charge in [0.1, 0.15) is 0 Å². The average molecular weight is 267 g/mol. The molecule has 2 aromatic heterocycles. The number of benzene rings is 1. The van der Waals surface area contributed by atoms with Crippen LogP contribution in [0.1, 0.15) is 17.3 Å². The lowest BCUT2D eigenvalue weighted by atomic mass is 10.1. The molecule has 100 valence electrons. The van der Waals surface area contributed by atoms with Gasteiger partial charge in [0.25, 0.3) is 0 Å². The summed E-state index contributed by atoms with van der Waals surface area (Å²) in [4.78, 5) is 15.7. The Kier molecular flexibility index (Phi) is 3.16. The van der Waals surface area contributed by atoms with Gasteiger partial charge in [-0.15, -0.1) is 0 Å². The molecule has 0 aliphatic heterocycles. The maximum absolute atomic E-state index is 11.6. The Hall–Kier alpha value is -2.69. The van der Waals surface area contributed by atoms with E-state index >= 15 is 0 Å². The van der Waals surface area contributed by atoms with Gasteiger partial charge in [-0.05, 0) is 31.2 Å². The molecule has 5 nitrogen and oxygen atoms in total. The van der Waals surface area contributed by atoms with Crippen molar-refractivity contribution in [3.8, 4) is 11.3 Å². The van der Waals surface area contributed by atoms with Gasteiger partial charge < -0.3 is 4.74 Å². The van der Waals surface area contributed by atoms with E-state index in [9.17, 15) is 4.79 Å². The van der Waals surface area contributed by atoms with Gasteiger partial charge in [0.05, 0.1) is 17.9 Å². The lowest BCUT2D eigenvalue weighted by Crippen LogP contribution is -2.04. The molecular formula is C15H13N3O2. The van der Waals surface area contributed by atoms with Crippen molar-refractivity contribution < 1.29 is 9.53 Å². The number of nitrogens with zero attached hydrogens (tertiary/aromatic N) is 3. The van der Waals surface area contributed by atoms with Crippen LogP contribution in [-0.2, 0) is 4.74 Å². The summed E-state index contributed by atoms with van der Waals surface area (Å²) in [5, 5.41) is 4.45. The standard InChI is InChI=1S/C15H13N3O2/c1-2-20-15(19)12-5-3-11(4-6-12)13-7-8-14-16-9-10-18(14)17-13/h3-10H,2H2,1H3. The fourth-order valence-corrected chi connectivity index (χ4v) is 1.96. The smallest absolute Gasteiger partial charge is 0.338 e. The number of carbonyl (C=O) groups excluding carboxylic acids is 1. The summed E-state index contributed by atoms with van der Waals surface area (Å²) < 4.78 is 6.67. The fraction of sp³-hybridized carbons (Fsp3) is 0.133. The predicted octanol–water partition coefficient (Wildman–Crippen LogP) is 2.57. The molecule has 0 aliphatic carbocycles. The number of ether oxygens (including phenoxy) is 1. The van der Waals surface area contributed by atoms with Crippen molar-refractivity contribution in [2.24, 2.45) is 0 Å². The third-order valence-corrected chi connectivity index (χ3v) is 2.95. The van der Waals surface area contributed by atoms with Gasteiger partial charge in [0.2, 0.25) is 0 Å². The summed E-state index contributed by atoms with van der Waals surface area (Å²) in [6, 6.07) is 11.0. The highest BCUT2D eigenvalue weighted by molar-refractivity contribution is 5.89. The normalized spacial score (nSPS) is 10.7. The Labute approximate surface area is 115 Å². The van der Waals surface area contributed by atoms with E-state index in [0.717, 1.165) is 16.9 Å². The molecule has 0 bridgehead atoms. The Morgan fingerprint density at radius 2 is 2.00 bits per heavy atom. The Morgan fingerprint density at radius 3 is 2.75 bits per heavy atom. The molecule has 0 saturated heterocycles. The first-order chi connectivity index (χ1) is 9.78. The van der Waals surface area contributed by atoms with Crippen LogP contribution in [0.2, 0.25) is 0 Å². The van der Waals surface area contributed by atoms with Gasteiger partial charge in [-0.2, -0.15) is 5.10 Å². The second kappa shape index (κ2) is 5.13. The predicted molar refractivity (Wildman–Crippen MR) is 74.4 cm³/mol. The van der Waals surface area contributed by atoms with Gasteiger partial charge in [0.15, 0.2) is 5.65 Å². The van der Waals surface area contributed by atoms with Gasteiger partial charge in [-0.25, -0.2) is 14.3 Å². The highest BCUT2D eigenvalue weighted by atomic mass is 16.5. The molecule has 5 heteroatoms. The third-order valence-electron chi connectivity index (χ3n) is 2.95. The van der Waals surface area contributed by atoms with Crippen LogP contribution < -0.4 is 0 Å². The SMILES string of the molecule is CCOC(=O)c1ccc(-c2ccc3nccn3n2)cc1. The number of rotatable bonds is 3. The summed E-state index contributed by atoms with van der Waals surface area (Å²) in [7, 11) is 0. The zero-order valence-corrected chi connectivity index (χ0v) is 11.0. The van der Waals surface area contributed by atoms with E-state index in [4.69, 9.17) is 4.74 Å². The van der Waals surface area contributed by atoms with Gasteiger partial charge in [-0.1, -0.05) is 12.1 Å². The topological polar surface area (TPSA) is 56.5 Å². The van der Waals surface area contributed by atoms with Crippen LogP contribution in [-0.4, -0.2) is 27.2 Å². The molecule has 20 heavy (non-hydrogen) atoms. The number of aromatic nitrogens is 3. The number of carbonyl (C=O) groups is 1. The summed E-state index contributed by atoms with van der Waals surface area (Å²) >= 11 is 0. The monoisotopic (exact) mass is 267 g/mol. The Morgan fingerprint density at radius 1 is 1.20 bits per heavy atom. The maximum atomic E-state index is 11.6. The molecule has 2 heterocycles. The molecule has 0 unspecified atom stereocenters. The Balaban J connectivity index is 1.92. The Bertz CT molecular complexity index is 747. The zero-order valence-electron chi connectivity index (χ0n) is 11.0. The second-order valence-corrected chi connectivity index (χ2v) is 4.25. The molecule has 0 spiro atoms. The molecule has 3 aromatic rings. The highest BCUT2D eigenvalue weighted by Gasteiger charge is 2.07. The number of hydrogen-bond donors (Lipinski definition) is 0. The van der Waals surface area contributed by atoms with Crippen LogP contribution in [0.25, 0.3) is 16.9 Å². The first-order valence-electron chi connectivity index (χ1n) is 6.36. The minimum Gasteiger partial charge on any atom is -0.462 e.